The average molecular weight is 291 g/mol. The summed E-state index contributed by atoms with van der Waals surface area (Å²) < 4.78 is 0.751. The van der Waals surface area contributed by atoms with Crippen LogP contribution in [-0.2, 0) is 6.42 Å². The highest BCUT2D eigenvalue weighted by atomic mass is 16.5. The summed E-state index contributed by atoms with van der Waals surface area (Å²) in [5, 5.41) is 10.1. The lowest BCUT2D eigenvalue weighted by Gasteiger charge is -2.12. The molecule has 3 aromatic rings. The van der Waals surface area contributed by atoms with Gasteiger partial charge in [-0.05, 0) is 24.1 Å². The SMILES string of the molecule is Cc1c(-c2ccccc2)cc(Cc2ccccc2)c(=O)n1O. The summed E-state index contributed by atoms with van der Waals surface area (Å²) in [5.74, 6) is 0. The van der Waals surface area contributed by atoms with Gasteiger partial charge in [-0.1, -0.05) is 60.7 Å². The third kappa shape index (κ3) is 2.66. The summed E-state index contributed by atoms with van der Waals surface area (Å²) in [6.45, 7) is 1.75. The van der Waals surface area contributed by atoms with Gasteiger partial charge in [0.05, 0.1) is 5.69 Å². The molecule has 0 bridgehead atoms. The van der Waals surface area contributed by atoms with Crippen molar-refractivity contribution in [2.45, 2.75) is 13.3 Å². The Bertz CT molecular complexity index is 837. The van der Waals surface area contributed by atoms with Crippen LogP contribution >= 0.6 is 0 Å². The normalized spacial score (nSPS) is 10.6. The van der Waals surface area contributed by atoms with Gasteiger partial charge in [-0.2, -0.15) is 4.73 Å². The van der Waals surface area contributed by atoms with Crippen molar-refractivity contribution < 1.29 is 5.21 Å². The first kappa shape index (κ1) is 14.1. The van der Waals surface area contributed by atoms with Crippen LogP contribution in [-0.4, -0.2) is 9.94 Å². The van der Waals surface area contributed by atoms with Crippen molar-refractivity contribution >= 4 is 0 Å². The molecular formula is C19H17NO2. The van der Waals surface area contributed by atoms with E-state index in [0.717, 1.165) is 21.4 Å². The minimum atomic E-state index is -0.360. The highest BCUT2D eigenvalue weighted by Gasteiger charge is 2.13. The monoisotopic (exact) mass is 291 g/mol. The van der Waals surface area contributed by atoms with Gasteiger partial charge in [-0.15, -0.1) is 0 Å². The number of hydrogen-bond acceptors (Lipinski definition) is 2. The summed E-state index contributed by atoms with van der Waals surface area (Å²) in [6.07, 6.45) is 0.500. The van der Waals surface area contributed by atoms with Gasteiger partial charge in [-0.3, -0.25) is 4.79 Å². The first-order valence-electron chi connectivity index (χ1n) is 7.21. The number of pyridine rings is 1. The minimum Gasteiger partial charge on any atom is -0.425 e. The van der Waals surface area contributed by atoms with Crippen LogP contribution in [0.25, 0.3) is 11.1 Å². The summed E-state index contributed by atoms with van der Waals surface area (Å²) in [4.78, 5) is 12.3. The van der Waals surface area contributed by atoms with Crippen LogP contribution in [0.15, 0.2) is 71.5 Å². The molecule has 1 heterocycles. The van der Waals surface area contributed by atoms with Crippen molar-refractivity contribution in [3.63, 3.8) is 0 Å². The molecule has 0 atom stereocenters. The molecule has 0 aliphatic carbocycles. The lowest BCUT2D eigenvalue weighted by atomic mass is 9.99. The lowest BCUT2D eigenvalue weighted by molar-refractivity contribution is 0.168. The number of aromatic nitrogens is 1. The Morgan fingerprint density at radius 1 is 0.955 bits per heavy atom. The van der Waals surface area contributed by atoms with E-state index in [1.54, 1.807) is 6.92 Å². The maximum absolute atomic E-state index is 12.3. The van der Waals surface area contributed by atoms with Gasteiger partial charge in [0, 0.05) is 17.5 Å². The Hall–Kier alpha value is -2.81. The molecule has 0 saturated heterocycles. The van der Waals surface area contributed by atoms with Crippen molar-refractivity contribution in [1.29, 1.82) is 0 Å². The fourth-order valence-corrected chi connectivity index (χ4v) is 2.60. The highest BCUT2D eigenvalue weighted by molar-refractivity contribution is 5.66. The van der Waals surface area contributed by atoms with Crippen LogP contribution in [0.1, 0.15) is 16.8 Å². The highest BCUT2D eigenvalue weighted by Crippen LogP contribution is 2.23. The molecule has 1 aromatic heterocycles. The molecule has 0 saturated carbocycles. The van der Waals surface area contributed by atoms with Gasteiger partial charge in [0.2, 0.25) is 0 Å². The fraction of sp³-hybridized carbons (Fsp3) is 0.105. The second kappa shape index (κ2) is 5.90. The molecule has 0 fully saturated rings. The smallest absolute Gasteiger partial charge is 0.286 e. The Labute approximate surface area is 129 Å². The quantitative estimate of drug-likeness (QED) is 0.748. The Kier molecular flexibility index (Phi) is 3.79. The Balaban J connectivity index is 2.12. The van der Waals surface area contributed by atoms with Crippen LogP contribution in [0.2, 0.25) is 0 Å². The molecule has 110 valence electrons. The van der Waals surface area contributed by atoms with Gasteiger partial charge < -0.3 is 5.21 Å². The van der Waals surface area contributed by atoms with E-state index in [9.17, 15) is 10.0 Å². The largest absolute Gasteiger partial charge is 0.425 e. The second-order valence-electron chi connectivity index (χ2n) is 5.31. The molecule has 1 N–H and O–H groups in total. The number of benzene rings is 2. The molecule has 0 aliphatic heterocycles. The van der Waals surface area contributed by atoms with Crippen LogP contribution in [0.4, 0.5) is 0 Å². The third-order valence-corrected chi connectivity index (χ3v) is 3.82. The molecule has 0 radical (unpaired) electrons. The zero-order chi connectivity index (χ0) is 15.5. The molecule has 0 amide bonds. The number of hydrogen-bond donors (Lipinski definition) is 1. The molecule has 3 heteroatoms. The standard InChI is InChI=1S/C19H17NO2/c1-14-18(16-10-6-3-7-11-16)13-17(19(21)20(14)22)12-15-8-4-2-5-9-15/h2-11,13,22H,12H2,1H3. The predicted octanol–water partition coefficient (Wildman–Crippen LogP) is 3.65. The zero-order valence-electron chi connectivity index (χ0n) is 12.4. The first-order chi connectivity index (χ1) is 10.7. The van der Waals surface area contributed by atoms with E-state index in [-0.39, 0.29) is 5.56 Å². The summed E-state index contributed by atoms with van der Waals surface area (Å²) in [6, 6.07) is 21.4. The lowest BCUT2D eigenvalue weighted by Crippen LogP contribution is -2.24. The van der Waals surface area contributed by atoms with Gasteiger partial charge >= 0.3 is 0 Å². The van der Waals surface area contributed by atoms with Crippen LogP contribution in [0, 0.1) is 6.92 Å². The van der Waals surface area contributed by atoms with E-state index in [1.807, 2.05) is 66.7 Å². The predicted molar refractivity (Wildman–Crippen MR) is 87.3 cm³/mol. The third-order valence-electron chi connectivity index (χ3n) is 3.82. The van der Waals surface area contributed by atoms with E-state index >= 15 is 0 Å². The molecular weight excluding hydrogens is 274 g/mol. The van der Waals surface area contributed by atoms with E-state index in [1.165, 1.54) is 0 Å². The van der Waals surface area contributed by atoms with Crippen molar-refractivity contribution in [3.8, 4) is 11.1 Å². The van der Waals surface area contributed by atoms with Crippen molar-refractivity contribution in [1.82, 2.24) is 4.73 Å². The van der Waals surface area contributed by atoms with Crippen LogP contribution in [0.5, 0.6) is 0 Å². The molecule has 3 nitrogen and oxygen atoms in total. The Morgan fingerprint density at radius 2 is 1.55 bits per heavy atom. The summed E-state index contributed by atoms with van der Waals surface area (Å²) in [7, 11) is 0. The second-order valence-corrected chi connectivity index (χ2v) is 5.31. The zero-order valence-corrected chi connectivity index (χ0v) is 12.4. The molecule has 0 unspecified atom stereocenters. The number of nitrogens with zero attached hydrogens (tertiary/aromatic N) is 1. The van der Waals surface area contributed by atoms with Gasteiger partial charge in [0.15, 0.2) is 0 Å². The fourth-order valence-electron chi connectivity index (χ4n) is 2.60. The Morgan fingerprint density at radius 3 is 2.18 bits per heavy atom. The van der Waals surface area contributed by atoms with Gasteiger partial charge in [0.25, 0.3) is 5.56 Å². The summed E-state index contributed by atoms with van der Waals surface area (Å²) in [5.41, 5.74) is 3.67. The average Bonchev–Trinajstić information content (AvgIpc) is 2.57. The van der Waals surface area contributed by atoms with E-state index in [0.29, 0.717) is 17.7 Å². The molecule has 22 heavy (non-hydrogen) atoms. The van der Waals surface area contributed by atoms with Crippen molar-refractivity contribution in [2.24, 2.45) is 0 Å². The van der Waals surface area contributed by atoms with Gasteiger partial charge in [-0.25, -0.2) is 0 Å². The van der Waals surface area contributed by atoms with Crippen LogP contribution in [0.3, 0.4) is 0 Å². The maximum atomic E-state index is 12.3. The van der Waals surface area contributed by atoms with E-state index in [2.05, 4.69) is 0 Å². The summed E-state index contributed by atoms with van der Waals surface area (Å²) >= 11 is 0. The van der Waals surface area contributed by atoms with Gasteiger partial charge in [0.1, 0.15) is 0 Å². The number of rotatable bonds is 3. The molecule has 2 aromatic carbocycles. The minimum absolute atomic E-state index is 0.360. The van der Waals surface area contributed by atoms with Crippen LogP contribution < -0.4 is 5.56 Å². The van der Waals surface area contributed by atoms with Crippen molar-refractivity contribution in [3.05, 3.63) is 93.9 Å². The molecule has 0 aliphatic rings. The van der Waals surface area contributed by atoms with E-state index in [4.69, 9.17) is 0 Å². The molecule has 3 rings (SSSR count). The van der Waals surface area contributed by atoms with E-state index < -0.39 is 0 Å². The topological polar surface area (TPSA) is 42.2 Å². The molecule has 0 spiro atoms. The first-order valence-corrected chi connectivity index (χ1v) is 7.21. The van der Waals surface area contributed by atoms with Crippen molar-refractivity contribution in [2.75, 3.05) is 0 Å². The maximum Gasteiger partial charge on any atom is 0.286 e.